The maximum Gasteiger partial charge on any atom is 0.335 e. The predicted molar refractivity (Wildman–Crippen MR) is 56.1 cm³/mol. The van der Waals surface area contributed by atoms with E-state index < -0.39 is 17.4 Å². The number of aliphatic hydroxyl groups is 1. The summed E-state index contributed by atoms with van der Waals surface area (Å²) in [4.78, 5) is 10.6. The van der Waals surface area contributed by atoms with E-state index in [9.17, 15) is 14.3 Å². The maximum atomic E-state index is 13.4. The van der Waals surface area contributed by atoms with Gasteiger partial charge in [0.15, 0.2) is 5.60 Å². The molecule has 0 spiro atoms. The van der Waals surface area contributed by atoms with Crippen LogP contribution in [0.4, 0.5) is 4.39 Å². The van der Waals surface area contributed by atoms with Crippen LogP contribution in [-0.4, -0.2) is 21.8 Å². The molecule has 1 rings (SSSR count). The second-order valence-electron chi connectivity index (χ2n) is 3.47. The Bertz CT molecular complexity index is 390. The van der Waals surface area contributed by atoms with Crippen molar-refractivity contribution in [2.75, 3.05) is 0 Å². The summed E-state index contributed by atoms with van der Waals surface area (Å²) in [7, 11) is 0. The van der Waals surface area contributed by atoms with Crippen LogP contribution in [0.25, 0.3) is 0 Å². The Hall–Kier alpha value is -0.940. The molecule has 1 aromatic carbocycles. The van der Waals surface area contributed by atoms with Crippen molar-refractivity contribution < 1.29 is 19.4 Å². The number of carboxylic acids is 1. The number of carbonyl (C=O) groups is 1. The molecule has 0 aromatic heterocycles. The summed E-state index contributed by atoms with van der Waals surface area (Å²) in [5.41, 5.74) is -1.79. The molecule has 0 aliphatic rings. The number of benzene rings is 1. The average molecular weight is 277 g/mol. The minimum absolute atomic E-state index is 0.164. The van der Waals surface area contributed by atoms with Gasteiger partial charge in [-0.05, 0) is 34.5 Å². The Morgan fingerprint density at radius 1 is 1.60 bits per heavy atom. The van der Waals surface area contributed by atoms with Gasteiger partial charge in [-0.2, -0.15) is 0 Å². The summed E-state index contributed by atoms with van der Waals surface area (Å²) < 4.78 is 13.7. The Kier molecular flexibility index (Phi) is 3.46. The van der Waals surface area contributed by atoms with Gasteiger partial charge < -0.3 is 10.2 Å². The first-order valence-electron chi connectivity index (χ1n) is 4.23. The van der Waals surface area contributed by atoms with E-state index in [2.05, 4.69) is 15.9 Å². The summed E-state index contributed by atoms with van der Waals surface area (Å²) in [6, 6.07) is 4.53. The van der Waals surface area contributed by atoms with E-state index in [-0.39, 0.29) is 16.5 Å². The Balaban J connectivity index is 3.00. The zero-order valence-electron chi connectivity index (χ0n) is 8.00. The lowest BCUT2D eigenvalue weighted by atomic mass is 9.96. The van der Waals surface area contributed by atoms with Gasteiger partial charge in [-0.3, -0.25) is 0 Å². The highest BCUT2D eigenvalue weighted by Gasteiger charge is 2.31. The van der Waals surface area contributed by atoms with Crippen LogP contribution in [0, 0.1) is 5.82 Å². The third-order valence-corrected chi connectivity index (χ3v) is 2.64. The van der Waals surface area contributed by atoms with Crippen molar-refractivity contribution in [3.63, 3.8) is 0 Å². The molecule has 0 saturated carbocycles. The number of rotatable bonds is 3. The van der Waals surface area contributed by atoms with Gasteiger partial charge >= 0.3 is 5.97 Å². The molecule has 0 aliphatic carbocycles. The van der Waals surface area contributed by atoms with E-state index in [4.69, 9.17) is 5.11 Å². The lowest BCUT2D eigenvalue weighted by molar-refractivity contribution is -0.156. The zero-order valence-corrected chi connectivity index (χ0v) is 9.58. The number of hydrogen-bond donors (Lipinski definition) is 2. The SMILES string of the molecule is CC(O)(Cc1cccc(Br)c1F)C(=O)O. The van der Waals surface area contributed by atoms with E-state index in [1.54, 1.807) is 6.07 Å². The topological polar surface area (TPSA) is 57.5 Å². The summed E-state index contributed by atoms with van der Waals surface area (Å²) >= 11 is 2.99. The third-order valence-electron chi connectivity index (χ3n) is 2.03. The van der Waals surface area contributed by atoms with Crippen LogP contribution >= 0.6 is 15.9 Å². The highest BCUT2D eigenvalue weighted by molar-refractivity contribution is 9.10. The molecule has 0 fully saturated rings. The van der Waals surface area contributed by atoms with Gasteiger partial charge in [0.25, 0.3) is 0 Å². The molecule has 0 saturated heterocycles. The van der Waals surface area contributed by atoms with Crippen LogP contribution in [0.3, 0.4) is 0 Å². The summed E-state index contributed by atoms with van der Waals surface area (Å²) in [6.07, 6.45) is -0.270. The first kappa shape index (κ1) is 12.1. The van der Waals surface area contributed by atoms with Crippen LogP contribution < -0.4 is 0 Å². The van der Waals surface area contributed by atoms with Crippen LogP contribution in [0.5, 0.6) is 0 Å². The second-order valence-corrected chi connectivity index (χ2v) is 4.32. The van der Waals surface area contributed by atoms with Crippen LogP contribution in [0.1, 0.15) is 12.5 Å². The molecule has 0 aliphatic heterocycles. The predicted octanol–water partition coefficient (Wildman–Crippen LogP) is 1.97. The van der Waals surface area contributed by atoms with Crippen molar-refractivity contribution in [1.29, 1.82) is 0 Å². The van der Waals surface area contributed by atoms with Gasteiger partial charge in [0.05, 0.1) is 4.47 Å². The minimum Gasteiger partial charge on any atom is -0.479 e. The van der Waals surface area contributed by atoms with Gasteiger partial charge in [-0.25, -0.2) is 9.18 Å². The molecule has 5 heteroatoms. The Morgan fingerprint density at radius 2 is 2.20 bits per heavy atom. The van der Waals surface area contributed by atoms with Crippen molar-refractivity contribution in [1.82, 2.24) is 0 Å². The molecular formula is C10H10BrFO3. The molecule has 0 heterocycles. The monoisotopic (exact) mass is 276 g/mol. The number of aliphatic carboxylic acids is 1. The van der Waals surface area contributed by atoms with Gasteiger partial charge in [0.2, 0.25) is 0 Å². The largest absolute Gasteiger partial charge is 0.479 e. The fraction of sp³-hybridized carbons (Fsp3) is 0.300. The minimum atomic E-state index is -1.96. The number of hydrogen-bond acceptors (Lipinski definition) is 2. The first-order valence-corrected chi connectivity index (χ1v) is 5.02. The molecule has 0 bridgehead atoms. The summed E-state index contributed by atoms with van der Waals surface area (Å²) in [6.45, 7) is 1.13. The average Bonchev–Trinajstić information content (AvgIpc) is 2.12. The Morgan fingerprint density at radius 3 is 2.73 bits per heavy atom. The summed E-state index contributed by atoms with van der Waals surface area (Å²) in [5, 5.41) is 18.2. The van der Waals surface area contributed by atoms with Crippen LogP contribution in [0.2, 0.25) is 0 Å². The smallest absolute Gasteiger partial charge is 0.335 e. The fourth-order valence-corrected chi connectivity index (χ4v) is 1.54. The molecule has 1 atom stereocenters. The molecule has 15 heavy (non-hydrogen) atoms. The van der Waals surface area contributed by atoms with E-state index >= 15 is 0 Å². The maximum absolute atomic E-state index is 13.4. The zero-order chi connectivity index (χ0) is 11.6. The molecule has 1 aromatic rings. The van der Waals surface area contributed by atoms with Crippen molar-refractivity contribution in [3.05, 3.63) is 34.1 Å². The van der Waals surface area contributed by atoms with Crippen molar-refractivity contribution in [3.8, 4) is 0 Å². The molecule has 1 unspecified atom stereocenters. The van der Waals surface area contributed by atoms with Gasteiger partial charge in [0, 0.05) is 6.42 Å². The quantitative estimate of drug-likeness (QED) is 0.888. The second kappa shape index (κ2) is 4.28. The standard InChI is InChI=1S/C10H10BrFO3/c1-10(15,9(13)14)5-6-3-2-4-7(11)8(6)12/h2-4,15H,5H2,1H3,(H,13,14). The highest BCUT2D eigenvalue weighted by Crippen LogP contribution is 2.22. The third kappa shape index (κ3) is 2.76. The molecule has 3 nitrogen and oxygen atoms in total. The highest BCUT2D eigenvalue weighted by atomic mass is 79.9. The molecule has 0 radical (unpaired) electrons. The van der Waals surface area contributed by atoms with Crippen LogP contribution in [0.15, 0.2) is 22.7 Å². The number of carboxylic acid groups (broad SMARTS) is 1. The normalized spacial score (nSPS) is 14.7. The fourth-order valence-electron chi connectivity index (χ4n) is 1.13. The van der Waals surface area contributed by atoms with Crippen LogP contribution in [-0.2, 0) is 11.2 Å². The van der Waals surface area contributed by atoms with Crippen molar-refractivity contribution >= 4 is 21.9 Å². The van der Waals surface area contributed by atoms with Gasteiger partial charge in [-0.1, -0.05) is 12.1 Å². The molecular weight excluding hydrogens is 267 g/mol. The lowest BCUT2D eigenvalue weighted by Crippen LogP contribution is -2.37. The van der Waals surface area contributed by atoms with E-state index in [0.717, 1.165) is 6.92 Å². The lowest BCUT2D eigenvalue weighted by Gasteiger charge is -2.18. The van der Waals surface area contributed by atoms with Gasteiger partial charge in [0.1, 0.15) is 5.82 Å². The van der Waals surface area contributed by atoms with E-state index in [1.807, 2.05) is 0 Å². The van der Waals surface area contributed by atoms with Crippen molar-refractivity contribution in [2.45, 2.75) is 18.9 Å². The molecule has 2 N–H and O–H groups in total. The molecule has 82 valence electrons. The van der Waals surface area contributed by atoms with Gasteiger partial charge in [-0.15, -0.1) is 0 Å². The molecule has 0 amide bonds. The first-order chi connectivity index (χ1) is 6.84. The Labute approximate surface area is 94.7 Å². The summed E-state index contributed by atoms with van der Waals surface area (Å²) in [5.74, 6) is -1.92. The number of halogens is 2. The van der Waals surface area contributed by atoms with Crippen molar-refractivity contribution in [2.24, 2.45) is 0 Å². The van der Waals surface area contributed by atoms with E-state index in [1.165, 1.54) is 12.1 Å². The van der Waals surface area contributed by atoms with E-state index in [0.29, 0.717) is 0 Å².